The van der Waals surface area contributed by atoms with Crippen LogP contribution in [0.25, 0.3) is 0 Å². The molecule has 0 unspecified atom stereocenters. The zero-order valence-electron chi connectivity index (χ0n) is 13.4. The number of nitrogens with one attached hydrogen (secondary N) is 1. The topological polar surface area (TPSA) is 27.7 Å². The summed E-state index contributed by atoms with van der Waals surface area (Å²) < 4.78 is 5.55. The van der Waals surface area contributed by atoms with Crippen LogP contribution in [-0.4, -0.2) is 76.9 Å². The maximum Gasteiger partial charge on any atom is 0.0472 e. The van der Waals surface area contributed by atoms with Crippen molar-refractivity contribution in [2.24, 2.45) is 5.41 Å². The maximum atomic E-state index is 5.55. The Labute approximate surface area is 119 Å². The number of hydrogen-bond donors (Lipinski definition) is 1. The summed E-state index contributed by atoms with van der Waals surface area (Å²) in [6, 6.07) is 0. The molecule has 0 aromatic heterocycles. The molecule has 114 valence electrons. The molecule has 0 atom stereocenters. The lowest BCUT2D eigenvalue weighted by atomic mass is 9.79. The lowest BCUT2D eigenvalue weighted by Gasteiger charge is -2.41. The highest BCUT2D eigenvalue weighted by Gasteiger charge is 2.33. The Morgan fingerprint density at radius 2 is 1.84 bits per heavy atom. The molecule has 4 heteroatoms. The van der Waals surface area contributed by atoms with Crippen LogP contribution in [0.2, 0.25) is 0 Å². The summed E-state index contributed by atoms with van der Waals surface area (Å²) in [4.78, 5) is 4.89. The molecule has 1 aliphatic rings. The van der Waals surface area contributed by atoms with Gasteiger partial charge in [-0.1, -0.05) is 6.92 Å². The van der Waals surface area contributed by atoms with Crippen molar-refractivity contribution in [2.75, 3.05) is 67.1 Å². The second kappa shape index (κ2) is 8.90. The fourth-order valence-corrected chi connectivity index (χ4v) is 3.00. The average Bonchev–Trinajstić information content (AvgIpc) is 2.38. The first-order valence-corrected chi connectivity index (χ1v) is 7.71. The van der Waals surface area contributed by atoms with Crippen LogP contribution in [-0.2, 0) is 4.74 Å². The summed E-state index contributed by atoms with van der Waals surface area (Å²) in [5.41, 5.74) is 0.418. The molecule has 0 aromatic carbocycles. The maximum absolute atomic E-state index is 5.55. The largest absolute Gasteiger partial charge is 0.381 e. The van der Waals surface area contributed by atoms with E-state index < -0.39 is 0 Å². The lowest BCUT2D eigenvalue weighted by Crippen LogP contribution is -2.47. The smallest absolute Gasteiger partial charge is 0.0472 e. The van der Waals surface area contributed by atoms with Gasteiger partial charge in [0.1, 0.15) is 0 Å². The SMILES string of the molecule is CCN(CCCN(C)C)CC1(CNC)CCOCC1. The van der Waals surface area contributed by atoms with E-state index in [1.54, 1.807) is 0 Å². The highest BCUT2D eigenvalue weighted by molar-refractivity contribution is 4.86. The first-order chi connectivity index (χ1) is 9.12. The fraction of sp³-hybridized carbons (Fsp3) is 1.00. The molecule has 0 amide bonds. The van der Waals surface area contributed by atoms with Crippen LogP contribution >= 0.6 is 0 Å². The summed E-state index contributed by atoms with van der Waals surface area (Å²) in [6.07, 6.45) is 3.64. The Hall–Kier alpha value is -0.160. The molecule has 4 nitrogen and oxygen atoms in total. The molecule has 0 aromatic rings. The van der Waals surface area contributed by atoms with Gasteiger partial charge in [0.05, 0.1) is 0 Å². The van der Waals surface area contributed by atoms with Crippen molar-refractivity contribution in [1.29, 1.82) is 0 Å². The van der Waals surface area contributed by atoms with E-state index in [1.165, 1.54) is 38.9 Å². The van der Waals surface area contributed by atoms with Gasteiger partial charge in [-0.25, -0.2) is 0 Å². The average molecular weight is 271 g/mol. The third-order valence-corrected chi connectivity index (χ3v) is 4.19. The van der Waals surface area contributed by atoms with Gasteiger partial charge in [0.15, 0.2) is 0 Å². The summed E-state index contributed by atoms with van der Waals surface area (Å²) in [7, 11) is 6.37. The fourth-order valence-electron chi connectivity index (χ4n) is 3.00. The Balaban J connectivity index is 2.45. The van der Waals surface area contributed by atoms with Crippen molar-refractivity contribution in [3.8, 4) is 0 Å². The minimum absolute atomic E-state index is 0.418. The van der Waals surface area contributed by atoms with Crippen LogP contribution in [0.4, 0.5) is 0 Å². The second-order valence-electron chi connectivity index (χ2n) is 6.17. The zero-order valence-corrected chi connectivity index (χ0v) is 13.4. The molecule has 19 heavy (non-hydrogen) atoms. The van der Waals surface area contributed by atoms with Gasteiger partial charge >= 0.3 is 0 Å². The molecular weight excluding hydrogens is 238 g/mol. The molecule has 1 fully saturated rings. The van der Waals surface area contributed by atoms with E-state index in [2.05, 4.69) is 43.2 Å². The van der Waals surface area contributed by atoms with Gasteiger partial charge in [-0.3, -0.25) is 0 Å². The molecule has 1 heterocycles. The van der Waals surface area contributed by atoms with E-state index in [0.29, 0.717) is 5.41 Å². The van der Waals surface area contributed by atoms with Crippen molar-refractivity contribution in [1.82, 2.24) is 15.1 Å². The van der Waals surface area contributed by atoms with Crippen molar-refractivity contribution >= 4 is 0 Å². The van der Waals surface area contributed by atoms with Crippen LogP contribution in [0.5, 0.6) is 0 Å². The molecule has 1 saturated heterocycles. The Bertz CT molecular complexity index is 222. The van der Waals surface area contributed by atoms with Crippen molar-refractivity contribution in [3.05, 3.63) is 0 Å². The van der Waals surface area contributed by atoms with Gasteiger partial charge in [0, 0.05) is 26.3 Å². The van der Waals surface area contributed by atoms with Crippen LogP contribution in [0, 0.1) is 5.41 Å². The van der Waals surface area contributed by atoms with Crippen LogP contribution in [0.1, 0.15) is 26.2 Å². The Morgan fingerprint density at radius 3 is 2.37 bits per heavy atom. The summed E-state index contributed by atoms with van der Waals surface area (Å²) in [5.74, 6) is 0. The van der Waals surface area contributed by atoms with E-state index in [1.807, 2.05) is 0 Å². The van der Waals surface area contributed by atoms with Gasteiger partial charge in [0.2, 0.25) is 0 Å². The Morgan fingerprint density at radius 1 is 1.16 bits per heavy atom. The van der Waals surface area contributed by atoms with Gasteiger partial charge < -0.3 is 19.9 Å². The van der Waals surface area contributed by atoms with Crippen molar-refractivity contribution in [2.45, 2.75) is 26.2 Å². The molecule has 1 N–H and O–H groups in total. The predicted octanol–water partition coefficient (Wildman–Crippen LogP) is 1.28. The normalized spacial score (nSPS) is 19.3. The first-order valence-electron chi connectivity index (χ1n) is 7.71. The highest BCUT2D eigenvalue weighted by atomic mass is 16.5. The molecule has 0 bridgehead atoms. The third-order valence-electron chi connectivity index (χ3n) is 4.19. The van der Waals surface area contributed by atoms with E-state index in [0.717, 1.165) is 26.3 Å². The molecular formula is C15H33N3O. The molecule has 0 aliphatic carbocycles. The zero-order chi connectivity index (χ0) is 14.1. The van der Waals surface area contributed by atoms with E-state index >= 15 is 0 Å². The second-order valence-corrected chi connectivity index (χ2v) is 6.17. The molecule has 0 saturated carbocycles. The number of ether oxygens (including phenoxy) is 1. The first kappa shape index (κ1) is 16.9. The van der Waals surface area contributed by atoms with Crippen LogP contribution in [0.3, 0.4) is 0 Å². The van der Waals surface area contributed by atoms with Gasteiger partial charge in [-0.2, -0.15) is 0 Å². The summed E-state index contributed by atoms with van der Waals surface area (Å²) in [5, 5.41) is 3.39. The third kappa shape index (κ3) is 6.21. The number of nitrogens with zero attached hydrogens (tertiary/aromatic N) is 2. The van der Waals surface area contributed by atoms with Crippen molar-refractivity contribution < 1.29 is 4.74 Å². The number of rotatable bonds is 9. The summed E-state index contributed by atoms with van der Waals surface area (Å²) >= 11 is 0. The monoisotopic (exact) mass is 271 g/mol. The van der Waals surface area contributed by atoms with E-state index in [9.17, 15) is 0 Å². The predicted molar refractivity (Wildman–Crippen MR) is 81.7 cm³/mol. The quantitative estimate of drug-likeness (QED) is 0.684. The van der Waals surface area contributed by atoms with Gasteiger partial charge in [-0.05, 0) is 65.5 Å². The van der Waals surface area contributed by atoms with Crippen molar-refractivity contribution in [3.63, 3.8) is 0 Å². The summed E-state index contributed by atoms with van der Waals surface area (Å²) in [6.45, 7) is 10.00. The van der Waals surface area contributed by atoms with E-state index in [-0.39, 0.29) is 0 Å². The van der Waals surface area contributed by atoms with Gasteiger partial charge in [-0.15, -0.1) is 0 Å². The number of hydrogen-bond acceptors (Lipinski definition) is 4. The molecule has 0 radical (unpaired) electrons. The Kier molecular flexibility index (Phi) is 7.91. The standard InChI is InChI=1S/C15H33N3O/c1-5-18(10-6-9-17(3)4)14-15(13-16-2)7-11-19-12-8-15/h16H,5-14H2,1-4H3. The molecule has 0 spiro atoms. The highest BCUT2D eigenvalue weighted by Crippen LogP contribution is 2.30. The lowest BCUT2D eigenvalue weighted by molar-refractivity contribution is -0.00311. The van der Waals surface area contributed by atoms with Crippen LogP contribution < -0.4 is 5.32 Å². The van der Waals surface area contributed by atoms with Gasteiger partial charge in [0.25, 0.3) is 0 Å². The molecule has 1 rings (SSSR count). The van der Waals surface area contributed by atoms with Crippen LogP contribution in [0.15, 0.2) is 0 Å². The minimum atomic E-state index is 0.418. The van der Waals surface area contributed by atoms with E-state index in [4.69, 9.17) is 4.74 Å². The molecule has 1 aliphatic heterocycles. The minimum Gasteiger partial charge on any atom is -0.381 e.